The Balaban J connectivity index is 1.74. The van der Waals surface area contributed by atoms with Crippen molar-refractivity contribution in [2.24, 2.45) is 5.92 Å². The fourth-order valence-corrected chi connectivity index (χ4v) is 3.47. The highest BCUT2D eigenvalue weighted by Crippen LogP contribution is 2.29. The number of rotatable bonds is 5. The first kappa shape index (κ1) is 14.7. The van der Waals surface area contributed by atoms with Crippen LogP contribution in [0.15, 0.2) is 27.3 Å². The van der Waals surface area contributed by atoms with Crippen molar-refractivity contribution in [1.82, 2.24) is 20.4 Å². The number of pyridine rings is 1. The maximum atomic E-state index is 5.40. The van der Waals surface area contributed by atoms with Gasteiger partial charge >= 0.3 is 0 Å². The number of hydrogen-bond acceptors (Lipinski definition) is 5. The quantitative estimate of drug-likeness (QED) is 0.896. The molecule has 0 aromatic carbocycles. The average molecular weight is 351 g/mol. The summed E-state index contributed by atoms with van der Waals surface area (Å²) < 4.78 is 6.28. The van der Waals surface area contributed by atoms with Crippen LogP contribution in [0.5, 0.6) is 0 Å². The van der Waals surface area contributed by atoms with Crippen LogP contribution in [-0.4, -0.2) is 28.2 Å². The predicted molar refractivity (Wildman–Crippen MR) is 83.7 cm³/mol. The molecule has 0 radical (unpaired) electrons. The Morgan fingerprint density at radius 2 is 2.24 bits per heavy atom. The molecule has 1 saturated carbocycles. The smallest absolute Gasteiger partial charge is 0.228 e. The molecule has 112 valence electrons. The van der Waals surface area contributed by atoms with E-state index in [-0.39, 0.29) is 0 Å². The van der Waals surface area contributed by atoms with E-state index in [0.29, 0.717) is 23.7 Å². The minimum absolute atomic E-state index is 0.410. The van der Waals surface area contributed by atoms with Gasteiger partial charge in [-0.2, -0.15) is 4.98 Å². The van der Waals surface area contributed by atoms with Crippen LogP contribution in [0.25, 0.3) is 11.5 Å². The largest absolute Gasteiger partial charge is 0.339 e. The summed E-state index contributed by atoms with van der Waals surface area (Å²) in [5.41, 5.74) is 0.717. The normalized spacial score (nSPS) is 17.2. The number of aromatic nitrogens is 3. The molecule has 0 aliphatic heterocycles. The van der Waals surface area contributed by atoms with E-state index in [0.717, 1.165) is 16.6 Å². The Hall–Kier alpha value is -1.27. The summed E-state index contributed by atoms with van der Waals surface area (Å²) in [6, 6.07) is 4.20. The van der Waals surface area contributed by atoms with Crippen LogP contribution in [0.1, 0.15) is 31.6 Å². The van der Waals surface area contributed by atoms with Crippen molar-refractivity contribution in [3.8, 4) is 11.5 Å². The molecule has 6 heteroatoms. The summed E-state index contributed by atoms with van der Waals surface area (Å²) in [6.45, 7) is 0. The first-order valence-electron chi connectivity index (χ1n) is 7.38. The van der Waals surface area contributed by atoms with Gasteiger partial charge in [0.25, 0.3) is 0 Å². The minimum Gasteiger partial charge on any atom is -0.339 e. The average Bonchev–Trinajstić information content (AvgIpc) is 3.17. The lowest BCUT2D eigenvalue weighted by molar-refractivity contribution is 0.318. The molecule has 0 saturated heterocycles. The van der Waals surface area contributed by atoms with Crippen LogP contribution in [-0.2, 0) is 6.42 Å². The number of halogens is 1. The van der Waals surface area contributed by atoms with Crippen LogP contribution in [0.4, 0.5) is 0 Å². The Morgan fingerprint density at radius 3 is 2.95 bits per heavy atom. The molecule has 0 spiro atoms. The van der Waals surface area contributed by atoms with Gasteiger partial charge in [0, 0.05) is 23.1 Å². The monoisotopic (exact) mass is 350 g/mol. The van der Waals surface area contributed by atoms with E-state index >= 15 is 0 Å². The van der Waals surface area contributed by atoms with E-state index in [1.165, 1.54) is 25.7 Å². The summed E-state index contributed by atoms with van der Waals surface area (Å²) >= 11 is 3.46. The van der Waals surface area contributed by atoms with Crippen LogP contribution in [0, 0.1) is 5.92 Å². The Labute approximate surface area is 132 Å². The van der Waals surface area contributed by atoms with Crippen molar-refractivity contribution in [2.75, 3.05) is 7.05 Å². The zero-order valence-corrected chi connectivity index (χ0v) is 13.6. The topological polar surface area (TPSA) is 63.8 Å². The van der Waals surface area contributed by atoms with E-state index in [1.54, 1.807) is 6.20 Å². The van der Waals surface area contributed by atoms with E-state index in [1.807, 2.05) is 19.2 Å². The highest BCUT2D eigenvalue weighted by atomic mass is 79.9. The zero-order valence-electron chi connectivity index (χ0n) is 12.1. The second-order valence-corrected chi connectivity index (χ2v) is 6.34. The van der Waals surface area contributed by atoms with Crippen LogP contribution in [0.2, 0.25) is 0 Å². The van der Waals surface area contributed by atoms with Crippen molar-refractivity contribution in [2.45, 2.75) is 38.1 Å². The van der Waals surface area contributed by atoms with Gasteiger partial charge in [0.1, 0.15) is 5.69 Å². The molecule has 21 heavy (non-hydrogen) atoms. The van der Waals surface area contributed by atoms with Gasteiger partial charge in [0.15, 0.2) is 0 Å². The third-order valence-corrected chi connectivity index (χ3v) is 4.81. The maximum absolute atomic E-state index is 5.40. The van der Waals surface area contributed by atoms with Crippen molar-refractivity contribution in [1.29, 1.82) is 0 Å². The first-order chi connectivity index (χ1) is 10.3. The van der Waals surface area contributed by atoms with E-state index < -0.39 is 0 Å². The Kier molecular flexibility index (Phi) is 4.65. The molecule has 1 unspecified atom stereocenters. The summed E-state index contributed by atoms with van der Waals surface area (Å²) in [5.74, 6) is 1.93. The van der Waals surface area contributed by atoms with Gasteiger partial charge in [-0.25, -0.2) is 0 Å². The Bertz CT molecular complexity index is 595. The van der Waals surface area contributed by atoms with Gasteiger partial charge in [-0.1, -0.05) is 18.0 Å². The summed E-state index contributed by atoms with van der Waals surface area (Å²) in [6.07, 6.45) is 7.75. The van der Waals surface area contributed by atoms with Crippen molar-refractivity contribution in [3.05, 3.63) is 28.7 Å². The summed E-state index contributed by atoms with van der Waals surface area (Å²) in [5, 5.41) is 7.46. The van der Waals surface area contributed by atoms with Crippen molar-refractivity contribution >= 4 is 15.9 Å². The highest BCUT2D eigenvalue weighted by molar-refractivity contribution is 9.10. The first-order valence-corrected chi connectivity index (χ1v) is 8.18. The SMILES string of the molecule is CNC(Cc1nc(-c2ncccc2Br)no1)C1CCCC1. The predicted octanol–water partition coefficient (Wildman–Crippen LogP) is 3.21. The van der Waals surface area contributed by atoms with Gasteiger partial charge < -0.3 is 9.84 Å². The lowest BCUT2D eigenvalue weighted by Crippen LogP contribution is -2.34. The summed E-state index contributed by atoms with van der Waals surface area (Å²) in [4.78, 5) is 8.78. The molecular formula is C15H19BrN4O. The maximum Gasteiger partial charge on any atom is 0.228 e. The number of hydrogen-bond donors (Lipinski definition) is 1. The molecule has 2 aromatic heterocycles. The zero-order chi connectivity index (χ0) is 14.7. The third-order valence-electron chi connectivity index (χ3n) is 4.17. The van der Waals surface area contributed by atoms with E-state index in [9.17, 15) is 0 Å². The lowest BCUT2D eigenvalue weighted by Gasteiger charge is -2.20. The number of likely N-dealkylation sites (N-methyl/N-ethyl adjacent to an activating group) is 1. The molecule has 3 rings (SSSR count). The molecule has 1 aliphatic rings. The van der Waals surface area contributed by atoms with Gasteiger partial charge in [-0.3, -0.25) is 4.98 Å². The standard InChI is InChI=1S/C15H19BrN4O/c1-17-12(10-5-2-3-6-10)9-13-19-15(20-21-13)14-11(16)7-4-8-18-14/h4,7-8,10,12,17H,2-3,5-6,9H2,1H3. The molecule has 1 fully saturated rings. The van der Waals surface area contributed by atoms with Crippen molar-refractivity contribution in [3.63, 3.8) is 0 Å². The molecular weight excluding hydrogens is 332 g/mol. The van der Waals surface area contributed by atoms with Crippen LogP contribution >= 0.6 is 15.9 Å². The van der Waals surface area contributed by atoms with Gasteiger partial charge in [-0.15, -0.1) is 0 Å². The molecule has 5 nitrogen and oxygen atoms in total. The van der Waals surface area contributed by atoms with E-state index in [2.05, 4.69) is 36.4 Å². The molecule has 1 aliphatic carbocycles. The summed E-state index contributed by atoms with van der Waals surface area (Å²) in [7, 11) is 2.01. The molecule has 2 heterocycles. The number of nitrogens with one attached hydrogen (secondary N) is 1. The fourth-order valence-electron chi connectivity index (χ4n) is 3.04. The van der Waals surface area contributed by atoms with Crippen LogP contribution in [0.3, 0.4) is 0 Å². The van der Waals surface area contributed by atoms with Gasteiger partial charge in [0.05, 0.1) is 0 Å². The lowest BCUT2D eigenvalue weighted by atomic mass is 9.95. The fraction of sp³-hybridized carbons (Fsp3) is 0.533. The minimum atomic E-state index is 0.410. The second kappa shape index (κ2) is 6.66. The van der Waals surface area contributed by atoms with Gasteiger partial charge in [-0.05, 0) is 53.9 Å². The van der Waals surface area contributed by atoms with Crippen LogP contribution < -0.4 is 5.32 Å². The Morgan fingerprint density at radius 1 is 1.43 bits per heavy atom. The number of nitrogens with zero attached hydrogens (tertiary/aromatic N) is 3. The molecule has 0 amide bonds. The molecule has 1 atom stereocenters. The van der Waals surface area contributed by atoms with Gasteiger partial charge in [0.2, 0.25) is 11.7 Å². The molecule has 0 bridgehead atoms. The van der Waals surface area contributed by atoms with E-state index in [4.69, 9.17) is 4.52 Å². The van der Waals surface area contributed by atoms with Crippen molar-refractivity contribution < 1.29 is 4.52 Å². The highest BCUT2D eigenvalue weighted by Gasteiger charge is 2.26. The second-order valence-electron chi connectivity index (χ2n) is 5.49. The molecule has 2 aromatic rings. The molecule has 1 N–H and O–H groups in total. The third kappa shape index (κ3) is 3.32.